The number of rotatable bonds is 7. The van der Waals surface area contributed by atoms with Gasteiger partial charge in [-0.05, 0) is 144 Å². The van der Waals surface area contributed by atoms with Crippen molar-refractivity contribution in [2.75, 3.05) is 23.8 Å². The number of halogens is 3. The van der Waals surface area contributed by atoms with Gasteiger partial charge in [-0.2, -0.15) is 14.6 Å². The Morgan fingerprint density at radius 2 is 1.32 bits per heavy atom. The van der Waals surface area contributed by atoms with Gasteiger partial charge in [-0.1, -0.05) is 0 Å². The maximum absolute atomic E-state index is 12.5. The summed E-state index contributed by atoms with van der Waals surface area (Å²) in [4.78, 5) is 56.6. The third kappa shape index (κ3) is 13.1. The maximum Gasteiger partial charge on any atom is 0.361 e. The predicted octanol–water partition coefficient (Wildman–Crippen LogP) is 6.60. The molecule has 57 heavy (non-hydrogen) atoms. The molecule has 3 N–H and O–H groups in total. The number of nitrogens with one attached hydrogen (secondary N) is 3. The number of hydrogen-bond acceptors (Lipinski definition) is 14. The average Bonchev–Trinajstić information content (AvgIpc) is 3.72. The highest BCUT2D eigenvalue weighted by Crippen LogP contribution is 2.32. The number of ether oxygens (including phenoxy) is 4. The first kappa shape index (κ1) is 45.3. The molecule has 19 heteroatoms. The lowest BCUT2D eigenvalue weighted by Crippen LogP contribution is -2.39. The molecule has 6 heterocycles. The highest BCUT2D eigenvalue weighted by atomic mass is 127. The minimum atomic E-state index is -0.585. The van der Waals surface area contributed by atoms with Crippen molar-refractivity contribution >= 4 is 80.4 Å². The van der Waals surface area contributed by atoms with Gasteiger partial charge in [0.05, 0.1) is 36.0 Å². The van der Waals surface area contributed by atoms with Crippen molar-refractivity contribution in [3.63, 3.8) is 0 Å². The van der Waals surface area contributed by atoms with E-state index < -0.39 is 41.2 Å². The van der Waals surface area contributed by atoms with E-state index in [1.807, 2.05) is 76.3 Å². The van der Waals surface area contributed by atoms with Gasteiger partial charge in [0.15, 0.2) is 17.2 Å². The molecule has 4 aromatic rings. The van der Waals surface area contributed by atoms with Crippen LogP contribution in [0.1, 0.15) is 101 Å². The van der Waals surface area contributed by atoms with Crippen LogP contribution in [0.15, 0.2) is 36.7 Å². The summed E-state index contributed by atoms with van der Waals surface area (Å²) in [5, 5.41) is 17.4. The molecule has 4 aromatic heterocycles. The van der Waals surface area contributed by atoms with Gasteiger partial charge in [-0.25, -0.2) is 33.8 Å². The Kier molecular flexibility index (Phi) is 15.8. The minimum absolute atomic E-state index is 0.144. The SMILES string of the molecule is CCOC(=O)c1n[nH]c2c1NC(C(=O)OC(C)(C)C)CC2.CCOC(=O)c1nn(-c2cc(I)ccn2)c2c1NC(C(=O)OC(C)(C)C)CC2.Fc1cc(I)ccn1. The summed E-state index contributed by atoms with van der Waals surface area (Å²) >= 11 is 4.22. The smallest absolute Gasteiger partial charge is 0.361 e. The van der Waals surface area contributed by atoms with E-state index in [-0.39, 0.29) is 36.5 Å². The maximum atomic E-state index is 12.5. The third-order valence-corrected chi connectivity index (χ3v) is 9.09. The molecule has 0 aliphatic carbocycles. The van der Waals surface area contributed by atoms with Gasteiger partial charge >= 0.3 is 23.9 Å². The van der Waals surface area contributed by atoms with E-state index in [4.69, 9.17) is 18.9 Å². The van der Waals surface area contributed by atoms with Gasteiger partial charge in [0.2, 0.25) is 5.95 Å². The van der Waals surface area contributed by atoms with E-state index in [1.165, 1.54) is 12.3 Å². The van der Waals surface area contributed by atoms with Crippen LogP contribution in [0.2, 0.25) is 0 Å². The lowest BCUT2D eigenvalue weighted by molar-refractivity contribution is -0.157. The summed E-state index contributed by atoms with van der Waals surface area (Å²) in [5.74, 6) is -1.54. The molecular formula is C38H47FI2N8O8. The van der Waals surface area contributed by atoms with Crippen LogP contribution in [0.25, 0.3) is 5.82 Å². The fourth-order valence-corrected chi connectivity index (χ4v) is 6.34. The summed E-state index contributed by atoms with van der Waals surface area (Å²) in [7, 11) is 0. The molecule has 0 amide bonds. The summed E-state index contributed by atoms with van der Waals surface area (Å²) in [5.41, 5.74) is 1.83. The number of pyridine rings is 2. The van der Waals surface area contributed by atoms with Crippen LogP contribution in [0.5, 0.6) is 0 Å². The summed E-state index contributed by atoms with van der Waals surface area (Å²) in [6.45, 7) is 14.9. The second kappa shape index (κ2) is 19.8. The molecule has 2 atom stereocenters. The van der Waals surface area contributed by atoms with Gasteiger partial charge in [0.25, 0.3) is 0 Å². The number of H-pyrrole nitrogens is 1. The van der Waals surface area contributed by atoms with Crippen LogP contribution >= 0.6 is 45.2 Å². The van der Waals surface area contributed by atoms with Crippen LogP contribution in [0.4, 0.5) is 15.8 Å². The van der Waals surface area contributed by atoms with Crippen molar-refractivity contribution in [3.8, 4) is 5.82 Å². The number of aryl methyl sites for hydroxylation is 1. The average molecular weight is 1020 g/mol. The lowest BCUT2D eigenvalue weighted by Gasteiger charge is -2.28. The number of carbonyl (C=O) groups is 4. The quantitative estimate of drug-likeness (QED) is 0.0774. The number of carbonyl (C=O) groups excluding carboxylic acids is 4. The first-order chi connectivity index (χ1) is 26.8. The molecule has 0 radical (unpaired) electrons. The van der Waals surface area contributed by atoms with Crippen LogP contribution in [-0.2, 0) is 41.4 Å². The number of nitrogens with zero attached hydrogens (tertiary/aromatic N) is 5. The Hall–Kier alpha value is -4.41. The molecule has 2 aliphatic rings. The van der Waals surface area contributed by atoms with Crippen molar-refractivity contribution in [3.05, 3.63) is 72.5 Å². The fourth-order valence-electron chi connectivity index (χ4n) is 5.48. The normalized spacial score (nSPS) is 15.7. The number of anilines is 2. The Balaban J connectivity index is 0.000000217. The summed E-state index contributed by atoms with van der Waals surface area (Å²) in [6.07, 6.45) is 5.42. The number of fused-ring (bicyclic) bond motifs is 2. The van der Waals surface area contributed by atoms with Crippen LogP contribution in [0.3, 0.4) is 0 Å². The van der Waals surface area contributed by atoms with E-state index in [9.17, 15) is 23.6 Å². The number of aromatic amines is 1. The van der Waals surface area contributed by atoms with E-state index in [0.717, 1.165) is 18.5 Å². The molecule has 308 valence electrons. The zero-order chi connectivity index (χ0) is 42.1. The fraction of sp³-hybridized carbons (Fsp3) is 0.474. The van der Waals surface area contributed by atoms with Crippen molar-refractivity contribution < 1.29 is 42.5 Å². The topological polar surface area (TPSA) is 202 Å². The zero-order valence-electron chi connectivity index (χ0n) is 33.0. The Bertz CT molecular complexity index is 2040. The second-order valence-corrected chi connectivity index (χ2v) is 17.1. The summed E-state index contributed by atoms with van der Waals surface area (Å²) in [6, 6.07) is 5.83. The molecule has 2 aliphatic heterocycles. The van der Waals surface area contributed by atoms with Gasteiger partial charge < -0.3 is 29.6 Å². The zero-order valence-corrected chi connectivity index (χ0v) is 37.3. The van der Waals surface area contributed by atoms with Gasteiger partial charge in [-0.3, -0.25) is 5.10 Å². The van der Waals surface area contributed by atoms with Crippen LogP contribution in [-0.4, -0.2) is 90.3 Å². The van der Waals surface area contributed by atoms with Crippen molar-refractivity contribution in [1.82, 2.24) is 29.9 Å². The standard InChI is InChI=1S/C19H23IN4O4.C14H21N3O4.C5H3FIN/c1-5-27-18(26)16-15-13(24(23-16)14-10-11(20)8-9-21-14)7-6-12(22-15)17(25)28-19(2,3)4;1-5-20-13(19)11-10-8(16-17-11)6-7-9(15-10)12(18)21-14(2,3)4;6-5-3-4(7)1-2-8-5/h8-10,12,22H,5-7H2,1-4H3;9,15H,5-7H2,1-4H3,(H,16,17);1-3H. The van der Waals surface area contributed by atoms with E-state index >= 15 is 0 Å². The highest BCUT2D eigenvalue weighted by Gasteiger charge is 2.36. The molecule has 6 rings (SSSR count). The molecule has 16 nitrogen and oxygen atoms in total. The monoisotopic (exact) mass is 1020 g/mol. The van der Waals surface area contributed by atoms with Crippen molar-refractivity contribution in [2.45, 2.75) is 104 Å². The summed E-state index contributed by atoms with van der Waals surface area (Å²) < 4.78 is 36.5. The molecule has 0 saturated carbocycles. The minimum Gasteiger partial charge on any atom is -0.461 e. The van der Waals surface area contributed by atoms with Crippen LogP contribution in [0, 0.1) is 13.1 Å². The number of aromatic nitrogens is 6. The molecule has 0 fully saturated rings. The van der Waals surface area contributed by atoms with Crippen molar-refractivity contribution in [2.24, 2.45) is 0 Å². The van der Waals surface area contributed by atoms with E-state index in [2.05, 4.69) is 58.5 Å². The number of esters is 4. The largest absolute Gasteiger partial charge is 0.461 e. The Morgan fingerprint density at radius 1 is 0.789 bits per heavy atom. The highest BCUT2D eigenvalue weighted by molar-refractivity contribution is 14.1. The number of hydrogen-bond donors (Lipinski definition) is 3. The Labute approximate surface area is 357 Å². The molecule has 0 bridgehead atoms. The predicted molar refractivity (Wildman–Crippen MR) is 225 cm³/mol. The van der Waals surface area contributed by atoms with Gasteiger partial charge in [0, 0.05) is 25.6 Å². The molecule has 2 unspecified atom stereocenters. The van der Waals surface area contributed by atoms with Gasteiger partial charge in [-0.15, -0.1) is 0 Å². The molecule has 0 aromatic carbocycles. The first-order valence-electron chi connectivity index (χ1n) is 18.2. The van der Waals surface area contributed by atoms with Crippen LogP contribution < -0.4 is 10.6 Å². The molecule has 0 saturated heterocycles. The van der Waals surface area contributed by atoms with E-state index in [0.29, 0.717) is 42.9 Å². The lowest BCUT2D eigenvalue weighted by atomic mass is 10.0. The van der Waals surface area contributed by atoms with Crippen molar-refractivity contribution in [1.29, 1.82) is 0 Å². The first-order valence-corrected chi connectivity index (χ1v) is 20.4. The van der Waals surface area contributed by atoms with Gasteiger partial charge in [0.1, 0.15) is 23.3 Å². The van der Waals surface area contributed by atoms with E-state index in [1.54, 1.807) is 30.8 Å². The molecule has 0 spiro atoms. The second-order valence-electron chi connectivity index (χ2n) is 14.6. The molecular weight excluding hydrogens is 969 g/mol. The Morgan fingerprint density at radius 3 is 1.82 bits per heavy atom. The third-order valence-electron chi connectivity index (χ3n) is 7.75.